The maximum atomic E-state index is 4.51. The van der Waals surface area contributed by atoms with E-state index < -0.39 is 0 Å². The van der Waals surface area contributed by atoms with E-state index in [0.717, 1.165) is 23.5 Å². The summed E-state index contributed by atoms with van der Waals surface area (Å²) in [6.45, 7) is 5.04. The van der Waals surface area contributed by atoms with E-state index in [1.165, 1.54) is 38.5 Å². The molecule has 0 atom stereocenters. The van der Waals surface area contributed by atoms with Gasteiger partial charge in [0, 0.05) is 11.9 Å². The maximum absolute atomic E-state index is 4.51. The van der Waals surface area contributed by atoms with Crippen LogP contribution in [-0.4, -0.2) is 20.1 Å². The Labute approximate surface area is 112 Å². The van der Waals surface area contributed by atoms with Crippen molar-refractivity contribution in [1.82, 2.24) is 14.8 Å². The van der Waals surface area contributed by atoms with Gasteiger partial charge in [-0.1, -0.05) is 41.6 Å². The molecular weight excluding hydrogens is 278 g/mol. The van der Waals surface area contributed by atoms with Crippen molar-refractivity contribution in [2.45, 2.75) is 58.9 Å². The molecule has 96 valence electrons. The minimum absolute atomic E-state index is 0.390. The summed E-state index contributed by atoms with van der Waals surface area (Å²) in [7, 11) is 0. The van der Waals surface area contributed by atoms with Crippen molar-refractivity contribution in [2.24, 2.45) is 5.41 Å². The summed E-state index contributed by atoms with van der Waals surface area (Å²) in [5.74, 6) is 1.94. The van der Waals surface area contributed by atoms with Crippen LogP contribution in [0.15, 0.2) is 0 Å². The van der Waals surface area contributed by atoms with Gasteiger partial charge in [-0.2, -0.15) is 5.10 Å². The Bertz CT molecular complexity index is 365. The van der Waals surface area contributed by atoms with Crippen LogP contribution in [0.4, 0.5) is 0 Å². The third-order valence-electron chi connectivity index (χ3n) is 3.90. The average molecular weight is 300 g/mol. The molecule has 3 nitrogen and oxygen atoms in total. The molecule has 0 spiro atoms. The molecule has 0 bridgehead atoms. The van der Waals surface area contributed by atoms with E-state index >= 15 is 0 Å². The number of nitrogens with zero attached hydrogens (tertiary/aromatic N) is 3. The highest BCUT2D eigenvalue weighted by molar-refractivity contribution is 9.09. The third kappa shape index (κ3) is 3.09. The number of aryl methyl sites for hydroxylation is 2. The topological polar surface area (TPSA) is 30.7 Å². The summed E-state index contributed by atoms with van der Waals surface area (Å²) in [6, 6.07) is 0. The fourth-order valence-corrected chi connectivity index (χ4v) is 3.58. The van der Waals surface area contributed by atoms with E-state index in [-0.39, 0.29) is 0 Å². The molecule has 0 radical (unpaired) electrons. The quantitative estimate of drug-likeness (QED) is 0.630. The van der Waals surface area contributed by atoms with Gasteiger partial charge in [0.1, 0.15) is 11.6 Å². The molecule has 1 aliphatic rings. The Morgan fingerprint density at radius 3 is 2.29 bits per heavy atom. The largest absolute Gasteiger partial charge is 0.250 e. The molecule has 1 aromatic rings. The highest BCUT2D eigenvalue weighted by Crippen LogP contribution is 2.38. The van der Waals surface area contributed by atoms with Crippen LogP contribution >= 0.6 is 15.9 Å². The predicted molar refractivity (Wildman–Crippen MR) is 73.4 cm³/mol. The summed E-state index contributed by atoms with van der Waals surface area (Å²) in [4.78, 5) is 4.40. The Morgan fingerprint density at radius 1 is 1.18 bits per heavy atom. The maximum Gasteiger partial charge on any atom is 0.147 e. The summed E-state index contributed by atoms with van der Waals surface area (Å²) >= 11 is 3.73. The first kappa shape index (κ1) is 13.1. The lowest BCUT2D eigenvalue weighted by Crippen LogP contribution is -2.29. The molecule has 4 heteroatoms. The minimum atomic E-state index is 0.390. The molecule has 0 saturated heterocycles. The fourth-order valence-electron chi connectivity index (χ4n) is 2.84. The zero-order chi connectivity index (χ0) is 12.3. The number of hydrogen-bond acceptors (Lipinski definition) is 2. The number of halogens is 1. The molecule has 1 heterocycles. The molecule has 1 fully saturated rings. The minimum Gasteiger partial charge on any atom is -0.250 e. The second-order valence-corrected chi connectivity index (χ2v) is 5.97. The van der Waals surface area contributed by atoms with Crippen LogP contribution in [0.25, 0.3) is 0 Å². The molecule has 1 aromatic heterocycles. The molecule has 0 aliphatic heterocycles. The molecule has 17 heavy (non-hydrogen) atoms. The van der Waals surface area contributed by atoms with Crippen LogP contribution in [-0.2, 0) is 6.54 Å². The van der Waals surface area contributed by atoms with Crippen LogP contribution in [0.1, 0.15) is 50.2 Å². The smallest absolute Gasteiger partial charge is 0.147 e. The van der Waals surface area contributed by atoms with Crippen LogP contribution in [0.2, 0.25) is 0 Å². The Balaban J connectivity index is 2.15. The molecule has 0 N–H and O–H groups in total. The normalized spacial score (nSPS) is 20.2. The van der Waals surface area contributed by atoms with Crippen LogP contribution in [0.5, 0.6) is 0 Å². The second kappa shape index (κ2) is 5.51. The van der Waals surface area contributed by atoms with E-state index in [1.54, 1.807) is 0 Å². The van der Waals surface area contributed by atoms with Crippen molar-refractivity contribution in [3.63, 3.8) is 0 Å². The van der Waals surface area contributed by atoms with E-state index in [4.69, 9.17) is 0 Å². The standard InChI is InChI=1S/C13H22BrN3/c1-11-15-12(2)17(16-11)10-13(9-14)7-5-3-4-6-8-13/h3-10H2,1-2H3. The van der Waals surface area contributed by atoms with Crippen LogP contribution in [0.3, 0.4) is 0 Å². The highest BCUT2D eigenvalue weighted by Gasteiger charge is 2.31. The monoisotopic (exact) mass is 299 g/mol. The molecule has 1 aliphatic carbocycles. The van der Waals surface area contributed by atoms with Crippen molar-refractivity contribution in [2.75, 3.05) is 5.33 Å². The van der Waals surface area contributed by atoms with E-state index in [1.807, 2.05) is 6.92 Å². The van der Waals surface area contributed by atoms with Gasteiger partial charge in [0.05, 0.1) is 0 Å². The van der Waals surface area contributed by atoms with Gasteiger partial charge < -0.3 is 0 Å². The molecule has 0 amide bonds. The van der Waals surface area contributed by atoms with Gasteiger partial charge >= 0.3 is 0 Å². The molecule has 0 aromatic carbocycles. The van der Waals surface area contributed by atoms with E-state index in [2.05, 4.69) is 37.6 Å². The van der Waals surface area contributed by atoms with E-state index in [0.29, 0.717) is 5.41 Å². The molecule has 0 unspecified atom stereocenters. The van der Waals surface area contributed by atoms with Crippen LogP contribution < -0.4 is 0 Å². The molecule has 1 saturated carbocycles. The Morgan fingerprint density at radius 2 is 1.82 bits per heavy atom. The van der Waals surface area contributed by atoms with Gasteiger partial charge in [-0.15, -0.1) is 0 Å². The Kier molecular flexibility index (Phi) is 4.23. The lowest BCUT2D eigenvalue weighted by atomic mass is 9.82. The van der Waals surface area contributed by atoms with Crippen molar-refractivity contribution in [3.05, 3.63) is 11.6 Å². The van der Waals surface area contributed by atoms with Crippen molar-refractivity contribution in [1.29, 1.82) is 0 Å². The summed E-state index contributed by atoms with van der Waals surface area (Å²) in [5, 5.41) is 5.59. The number of alkyl halides is 1. The number of hydrogen-bond donors (Lipinski definition) is 0. The van der Waals surface area contributed by atoms with Gasteiger partial charge in [-0.3, -0.25) is 0 Å². The van der Waals surface area contributed by atoms with Crippen LogP contribution in [0, 0.1) is 19.3 Å². The van der Waals surface area contributed by atoms with Gasteiger partial charge in [0.25, 0.3) is 0 Å². The van der Waals surface area contributed by atoms with Crippen molar-refractivity contribution in [3.8, 4) is 0 Å². The first-order valence-electron chi connectivity index (χ1n) is 6.59. The van der Waals surface area contributed by atoms with E-state index in [9.17, 15) is 0 Å². The van der Waals surface area contributed by atoms with Crippen molar-refractivity contribution >= 4 is 15.9 Å². The zero-order valence-corrected chi connectivity index (χ0v) is 12.5. The predicted octanol–water partition coefficient (Wildman–Crippen LogP) is 3.63. The lowest BCUT2D eigenvalue weighted by Gasteiger charge is -2.30. The third-order valence-corrected chi connectivity index (χ3v) is 5.08. The average Bonchev–Trinajstić information content (AvgIpc) is 2.54. The SMILES string of the molecule is Cc1nc(C)n(CC2(CBr)CCCCCC2)n1. The van der Waals surface area contributed by atoms with Crippen molar-refractivity contribution < 1.29 is 0 Å². The second-order valence-electron chi connectivity index (χ2n) is 5.41. The first-order valence-corrected chi connectivity index (χ1v) is 7.71. The van der Waals surface area contributed by atoms with Gasteiger partial charge in [-0.05, 0) is 32.1 Å². The first-order chi connectivity index (χ1) is 8.15. The Hall–Kier alpha value is -0.380. The summed E-state index contributed by atoms with van der Waals surface area (Å²) in [5.41, 5.74) is 0.390. The molecular formula is C13H22BrN3. The van der Waals surface area contributed by atoms with Gasteiger partial charge in [0.2, 0.25) is 0 Å². The number of rotatable bonds is 3. The fraction of sp³-hybridized carbons (Fsp3) is 0.846. The summed E-state index contributed by atoms with van der Waals surface area (Å²) in [6.07, 6.45) is 8.14. The highest BCUT2D eigenvalue weighted by atomic mass is 79.9. The summed E-state index contributed by atoms with van der Waals surface area (Å²) < 4.78 is 2.10. The van der Waals surface area contributed by atoms with Gasteiger partial charge in [-0.25, -0.2) is 9.67 Å². The number of aromatic nitrogens is 3. The lowest BCUT2D eigenvalue weighted by molar-refractivity contribution is 0.229. The zero-order valence-electron chi connectivity index (χ0n) is 10.9. The molecule has 2 rings (SSSR count). The van der Waals surface area contributed by atoms with Gasteiger partial charge in [0.15, 0.2) is 0 Å².